The number of thiophene rings is 1. The molecule has 0 bridgehead atoms. The molecule has 1 unspecified atom stereocenters. The minimum absolute atomic E-state index is 0.227. The van der Waals surface area contributed by atoms with Crippen molar-refractivity contribution in [3.05, 3.63) is 51.8 Å². The van der Waals surface area contributed by atoms with Crippen LogP contribution in [0.5, 0.6) is 0 Å². The molecule has 3 heterocycles. The number of benzene rings is 1. The molecule has 1 fully saturated rings. The zero-order valence-electron chi connectivity index (χ0n) is 29.0. The summed E-state index contributed by atoms with van der Waals surface area (Å²) in [5.41, 5.74) is -2.59. The Hall–Kier alpha value is -2.27. The van der Waals surface area contributed by atoms with Gasteiger partial charge in [-0.25, -0.2) is 14.4 Å². The van der Waals surface area contributed by atoms with E-state index in [0.717, 1.165) is 0 Å². The number of likely N-dealkylation sites (tertiary alicyclic amines) is 1. The van der Waals surface area contributed by atoms with Crippen LogP contribution in [0.25, 0.3) is 10.2 Å². The average Bonchev–Trinajstić information content (AvgIpc) is 3.18. The van der Waals surface area contributed by atoms with Gasteiger partial charge in [0.2, 0.25) is 0 Å². The van der Waals surface area contributed by atoms with E-state index < -0.39 is 91.5 Å². The fourth-order valence-electron chi connectivity index (χ4n) is 1.98. The summed E-state index contributed by atoms with van der Waals surface area (Å²) in [7, 11) is 0. The lowest BCUT2D eigenvalue weighted by Gasteiger charge is -2.32. The van der Waals surface area contributed by atoms with E-state index in [4.69, 9.17) is 33.6 Å². The summed E-state index contributed by atoms with van der Waals surface area (Å²) in [6.45, 7) is -10.7. The smallest absolute Gasteiger partial charge is 0.162 e. The highest BCUT2D eigenvalue weighted by Gasteiger charge is 2.21. The van der Waals surface area contributed by atoms with E-state index in [9.17, 15) is 9.65 Å². The standard InChI is InChI=1S/C19H17ClFN5S/c20-17-8-16-18(27-17)19(24-11-23-16)25-14-3-5-26(6-4-14)10-12-1-2-15(21)13(7-12)9-22/h1-2,7-8,11,14H,3-6,10H2,(H,23,24,25)/i1D,2D,3D2,4D2,5D2,6D2,7D,8D,10D,11D,14D/hD. The molecule has 1 atom stereocenters. The topological polar surface area (TPSA) is 64.8 Å². The van der Waals surface area contributed by atoms with E-state index in [2.05, 4.69) is 9.97 Å². The zero-order valence-corrected chi connectivity index (χ0v) is 14.6. The molecule has 0 radical (unpaired) electrons. The van der Waals surface area contributed by atoms with Gasteiger partial charge in [-0.2, -0.15) is 5.26 Å². The molecule has 1 N–H and O–H groups in total. The molecule has 138 valence electrons. The number of aromatic nitrogens is 2. The third-order valence-corrected chi connectivity index (χ3v) is 4.29. The molecule has 2 aromatic heterocycles. The average molecular weight is 418 g/mol. The summed E-state index contributed by atoms with van der Waals surface area (Å²) in [6, 6.07) is -6.88. The normalized spacial score (nSPS) is 34.1. The van der Waals surface area contributed by atoms with Crippen molar-refractivity contribution in [1.82, 2.24) is 14.9 Å². The number of rotatable bonds is 4. The first-order valence-electron chi connectivity index (χ1n) is 15.1. The number of hydrogen-bond acceptors (Lipinski definition) is 6. The molecule has 27 heavy (non-hydrogen) atoms. The molecule has 3 aromatic rings. The molecule has 1 aliphatic heterocycles. The van der Waals surface area contributed by atoms with E-state index in [1.54, 1.807) is 0 Å². The van der Waals surface area contributed by atoms with Crippen molar-refractivity contribution < 1.29 is 26.4 Å². The van der Waals surface area contributed by atoms with Gasteiger partial charge in [-0.1, -0.05) is 17.6 Å². The Balaban J connectivity index is 2.01. The van der Waals surface area contributed by atoms with Gasteiger partial charge in [0, 0.05) is 37.9 Å². The monoisotopic (exact) mass is 417 g/mol. The summed E-state index contributed by atoms with van der Waals surface area (Å²) < 4.78 is 149. The lowest BCUT2D eigenvalue weighted by atomic mass is 10.0. The predicted molar refractivity (Wildman–Crippen MR) is 105 cm³/mol. The minimum atomic E-state index is -4.02. The molecule has 5 nitrogen and oxygen atoms in total. The predicted octanol–water partition coefficient (Wildman–Crippen LogP) is 4.43. The molecule has 4 rings (SSSR count). The quantitative estimate of drug-likeness (QED) is 0.680. The molecule has 0 saturated carbocycles. The van der Waals surface area contributed by atoms with Crippen LogP contribution in [0.4, 0.5) is 10.2 Å². The van der Waals surface area contributed by atoms with E-state index in [-0.39, 0.29) is 24.8 Å². The highest BCUT2D eigenvalue weighted by molar-refractivity contribution is 7.23. The van der Waals surface area contributed by atoms with Crippen molar-refractivity contribution in [3.8, 4) is 6.07 Å². The van der Waals surface area contributed by atoms with Gasteiger partial charge >= 0.3 is 0 Å². The van der Waals surface area contributed by atoms with E-state index in [1.165, 1.54) is 6.07 Å². The van der Waals surface area contributed by atoms with Crippen LogP contribution in [0.15, 0.2) is 30.5 Å². The fourth-order valence-corrected chi connectivity index (χ4v) is 3.00. The van der Waals surface area contributed by atoms with Crippen LogP contribution in [0, 0.1) is 17.1 Å². The second-order valence-corrected chi connectivity index (χ2v) is 6.47. The molecule has 0 amide bonds. The van der Waals surface area contributed by atoms with Crippen LogP contribution in [-0.4, -0.2) is 33.9 Å². The Morgan fingerprint density at radius 1 is 1.52 bits per heavy atom. The van der Waals surface area contributed by atoms with Gasteiger partial charge in [0.15, 0.2) is 1.41 Å². The number of nitrogens with zero attached hydrogens (tertiary/aromatic N) is 4. The summed E-state index contributed by atoms with van der Waals surface area (Å²) >= 11 is 6.53. The van der Waals surface area contributed by atoms with Crippen LogP contribution in [0.1, 0.15) is 44.4 Å². The summed E-state index contributed by atoms with van der Waals surface area (Å²) in [5.74, 6) is -2.49. The lowest BCUT2D eigenvalue weighted by molar-refractivity contribution is 0.211. The number of halogens is 2. The highest BCUT2D eigenvalue weighted by atomic mass is 35.5. The molecule has 0 aliphatic carbocycles. The maximum Gasteiger partial charge on any atom is 0.162 e. The fraction of sp³-hybridized carbons (Fsp3) is 0.316. The van der Waals surface area contributed by atoms with E-state index in [1.807, 2.05) is 0 Å². The maximum atomic E-state index is 14.4. The van der Waals surface area contributed by atoms with Crippen LogP contribution in [-0.2, 0) is 6.52 Å². The van der Waals surface area contributed by atoms with Gasteiger partial charge in [-0.15, -0.1) is 11.3 Å². The highest BCUT2D eigenvalue weighted by Crippen LogP contribution is 2.33. The summed E-state index contributed by atoms with van der Waals surface area (Å²) in [5, 5.41) is 8.98. The molecule has 1 aliphatic rings. The molecule has 1 aromatic carbocycles. The molecule has 1 saturated heterocycles. The number of piperidine rings is 1. The first kappa shape index (κ1) is 7.28. The SMILES string of the molecule is [2H]c1nc(N([2H])C2([2H])C([2H])([2H])C([2H])([2H])N(C([2H])c3c([2H])c([2H])c(F)c(C#N)c3[2H])C([2H])([2H])C2([2H])[2H])c2sc(Cl)c([2H])c2n1. The Bertz CT molecular complexity index is 1680. The van der Waals surface area contributed by atoms with Crippen molar-refractivity contribution in [2.45, 2.75) is 25.3 Å². The van der Waals surface area contributed by atoms with Gasteiger partial charge in [0.25, 0.3) is 0 Å². The minimum Gasteiger partial charge on any atom is -0.366 e. The van der Waals surface area contributed by atoms with Gasteiger partial charge < -0.3 is 5.31 Å². The molecular formula is C19H17ClFN5S. The Morgan fingerprint density at radius 2 is 2.33 bits per heavy atom. The number of nitrogens with one attached hydrogen (secondary N) is 1. The molecule has 0 spiro atoms. The first-order chi connectivity index (χ1) is 19.5. The number of nitriles is 1. The van der Waals surface area contributed by atoms with Crippen molar-refractivity contribution in [2.24, 2.45) is 0 Å². The Morgan fingerprint density at radius 3 is 3.11 bits per heavy atom. The van der Waals surface area contributed by atoms with Crippen LogP contribution < -0.4 is 5.31 Å². The number of fused-ring (bicyclic) bond motifs is 1. The number of hydrogen-bond donors (Lipinski definition) is 1. The van der Waals surface area contributed by atoms with Crippen LogP contribution in [0.3, 0.4) is 0 Å². The Kier molecular flexibility index (Phi) is 2.09. The zero-order chi connectivity index (χ0) is 33.0. The van der Waals surface area contributed by atoms with E-state index >= 15 is 0 Å². The lowest BCUT2D eigenvalue weighted by Crippen LogP contribution is -2.38. The van der Waals surface area contributed by atoms with Gasteiger partial charge in [0.1, 0.15) is 25.4 Å². The third kappa shape index (κ3) is 4.03. The largest absolute Gasteiger partial charge is 0.366 e. The number of anilines is 1. The van der Waals surface area contributed by atoms with Crippen molar-refractivity contribution in [1.29, 1.82) is 5.26 Å². The van der Waals surface area contributed by atoms with Gasteiger partial charge in [-0.3, -0.25) is 4.90 Å². The van der Waals surface area contributed by atoms with Crippen LogP contribution >= 0.6 is 22.9 Å². The summed E-state index contributed by atoms with van der Waals surface area (Å²) in [6.07, 6.45) is -8.91. The summed E-state index contributed by atoms with van der Waals surface area (Å²) in [4.78, 5) is 6.97. The van der Waals surface area contributed by atoms with Crippen LogP contribution in [0.2, 0.25) is 5.75 Å². The van der Waals surface area contributed by atoms with Gasteiger partial charge in [0.05, 0.1) is 27.0 Å². The molecule has 8 heteroatoms. The maximum absolute atomic E-state index is 14.4. The van der Waals surface area contributed by atoms with Crippen molar-refractivity contribution in [2.75, 3.05) is 18.3 Å². The first-order valence-corrected chi connectivity index (χ1v) is 8.29. The second-order valence-electron chi connectivity index (χ2n) is 4.85. The van der Waals surface area contributed by atoms with Crippen molar-refractivity contribution >= 4 is 39.0 Å². The van der Waals surface area contributed by atoms with Gasteiger partial charge in [-0.05, 0) is 36.4 Å². The second kappa shape index (κ2) is 7.77. The van der Waals surface area contributed by atoms with E-state index in [0.29, 0.717) is 11.3 Å². The van der Waals surface area contributed by atoms with Crippen molar-refractivity contribution in [3.63, 3.8) is 0 Å². The molecular weight excluding hydrogens is 385 g/mol. The Labute approximate surface area is 188 Å². The third-order valence-electron chi connectivity index (χ3n) is 3.11.